The van der Waals surface area contributed by atoms with E-state index in [0.717, 1.165) is 0 Å². The van der Waals surface area contributed by atoms with Crippen molar-refractivity contribution in [1.82, 2.24) is 0 Å². The number of Topliss-reactive ketones (excluding diaryl/α,β-unsaturated/α-hetero) is 1. The molecule has 0 saturated heterocycles. The molecule has 0 bridgehead atoms. The smallest absolute Gasteiger partial charge is 0.130 e. The molecule has 0 aliphatic carbocycles. The summed E-state index contributed by atoms with van der Waals surface area (Å²) < 4.78 is 0. The molecule has 1 aromatic carbocycles. The standard InChI is InChI=1S/C13H18O/c1-10-6-5-7-12(8-10)13(3,4)9-11(2)14/h5-8H,9H2,1-4H3. The van der Waals surface area contributed by atoms with Crippen LogP contribution in [-0.2, 0) is 10.2 Å². The van der Waals surface area contributed by atoms with Crippen molar-refractivity contribution in [3.05, 3.63) is 35.4 Å². The monoisotopic (exact) mass is 190 g/mol. The average molecular weight is 190 g/mol. The van der Waals surface area contributed by atoms with Crippen LogP contribution in [0.1, 0.15) is 38.3 Å². The highest BCUT2D eigenvalue weighted by Crippen LogP contribution is 2.27. The molecule has 1 nitrogen and oxygen atoms in total. The second kappa shape index (κ2) is 3.95. The van der Waals surface area contributed by atoms with Gasteiger partial charge in [0.25, 0.3) is 0 Å². The van der Waals surface area contributed by atoms with Gasteiger partial charge < -0.3 is 0 Å². The first-order chi connectivity index (χ1) is 6.42. The Bertz CT molecular complexity index is 337. The summed E-state index contributed by atoms with van der Waals surface area (Å²) in [7, 11) is 0. The van der Waals surface area contributed by atoms with Crippen LogP contribution < -0.4 is 0 Å². The molecule has 0 fully saturated rings. The summed E-state index contributed by atoms with van der Waals surface area (Å²) >= 11 is 0. The fourth-order valence-corrected chi connectivity index (χ4v) is 1.79. The lowest BCUT2D eigenvalue weighted by atomic mass is 9.80. The minimum absolute atomic E-state index is 0.0438. The molecule has 76 valence electrons. The number of rotatable bonds is 3. The van der Waals surface area contributed by atoms with Gasteiger partial charge in [0.15, 0.2) is 0 Å². The van der Waals surface area contributed by atoms with E-state index in [0.29, 0.717) is 6.42 Å². The summed E-state index contributed by atoms with van der Waals surface area (Å²) in [5.74, 6) is 0.247. The zero-order chi connectivity index (χ0) is 10.8. The van der Waals surface area contributed by atoms with Crippen LogP contribution in [0.5, 0.6) is 0 Å². The number of hydrogen-bond acceptors (Lipinski definition) is 1. The van der Waals surface area contributed by atoms with Gasteiger partial charge in [-0.3, -0.25) is 4.79 Å². The molecule has 0 unspecified atom stereocenters. The minimum Gasteiger partial charge on any atom is -0.300 e. The molecule has 0 aliphatic rings. The van der Waals surface area contributed by atoms with Gasteiger partial charge in [-0.15, -0.1) is 0 Å². The number of carbonyl (C=O) groups excluding carboxylic acids is 1. The topological polar surface area (TPSA) is 17.1 Å². The van der Waals surface area contributed by atoms with E-state index < -0.39 is 0 Å². The SMILES string of the molecule is CC(=O)CC(C)(C)c1cccc(C)c1. The number of ketones is 1. The Hall–Kier alpha value is -1.11. The molecular formula is C13H18O. The number of hydrogen-bond donors (Lipinski definition) is 0. The lowest BCUT2D eigenvalue weighted by molar-refractivity contribution is -0.118. The lowest BCUT2D eigenvalue weighted by Crippen LogP contribution is -2.20. The summed E-state index contributed by atoms with van der Waals surface area (Å²) in [4.78, 5) is 11.1. The Morgan fingerprint density at radius 3 is 2.50 bits per heavy atom. The Kier molecular flexibility index (Phi) is 3.10. The molecule has 1 rings (SSSR count). The van der Waals surface area contributed by atoms with Crippen LogP contribution in [0.4, 0.5) is 0 Å². The van der Waals surface area contributed by atoms with Crippen molar-refractivity contribution in [2.75, 3.05) is 0 Å². The first kappa shape index (κ1) is 11.0. The normalized spacial score (nSPS) is 11.4. The average Bonchev–Trinajstić information content (AvgIpc) is 2.01. The third kappa shape index (κ3) is 2.69. The van der Waals surface area contributed by atoms with Crippen LogP contribution in [-0.4, -0.2) is 5.78 Å². The molecule has 0 saturated carbocycles. The molecule has 0 radical (unpaired) electrons. The van der Waals surface area contributed by atoms with Gasteiger partial charge in [-0.25, -0.2) is 0 Å². The van der Waals surface area contributed by atoms with Gasteiger partial charge in [-0.05, 0) is 24.8 Å². The maximum absolute atomic E-state index is 11.1. The van der Waals surface area contributed by atoms with Crippen molar-refractivity contribution < 1.29 is 4.79 Å². The third-order valence-corrected chi connectivity index (χ3v) is 2.49. The van der Waals surface area contributed by atoms with Crippen LogP contribution in [0.3, 0.4) is 0 Å². The van der Waals surface area contributed by atoms with Crippen molar-refractivity contribution in [1.29, 1.82) is 0 Å². The van der Waals surface area contributed by atoms with Gasteiger partial charge in [0.05, 0.1) is 0 Å². The first-order valence-corrected chi connectivity index (χ1v) is 4.98. The number of carbonyl (C=O) groups is 1. The molecule has 0 aromatic heterocycles. The van der Waals surface area contributed by atoms with Gasteiger partial charge in [0, 0.05) is 6.42 Å². The largest absolute Gasteiger partial charge is 0.300 e. The molecule has 0 N–H and O–H groups in total. The summed E-state index contributed by atoms with van der Waals surface area (Å²) in [5.41, 5.74) is 2.45. The van der Waals surface area contributed by atoms with Crippen LogP contribution in [0.15, 0.2) is 24.3 Å². The van der Waals surface area contributed by atoms with Crippen molar-refractivity contribution in [2.45, 2.75) is 39.5 Å². The fraction of sp³-hybridized carbons (Fsp3) is 0.462. The van der Waals surface area contributed by atoms with Gasteiger partial charge in [0.1, 0.15) is 5.78 Å². The highest BCUT2D eigenvalue weighted by Gasteiger charge is 2.22. The number of aryl methyl sites for hydroxylation is 1. The minimum atomic E-state index is -0.0438. The fourth-order valence-electron chi connectivity index (χ4n) is 1.79. The molecule has 0 spiro atoms. The Labute approximate surface area is 86.1 Å². The molecule has 0 heterocycles. The highest BCUT2D eigenvalue weighted by molar-refractivity contribution is 5.77. The predicted octanol–water partition coefficient (Wildman–Crippen LogP) is 3.25. The van der Waals surface area contributed by atoms with E-state index >= 15 is 0 Å². The van der Waals surface area contributed by atoms with Crippen LogP contribution in [0, 0.1) is 6.92 Å². The van der Waals surface area contributed by atoms with Gasteiger partial charge in [-0.1, -0.05) is 43.7 Å². The zero-order valence-electron chi connectivity index (χ0n) is 9.42. The number of benzene rings is 1. The Morgan fingerprint density at radius 1 is 1.36 bits per heavy atom. The lowest BCUT2D eigenvalue weighted by Gasteiger charge is -2.24. The molecular weight excluding hydrogens is 172 g/mol. The molecule has 14 heavy (non-hydrogen) atoms. The maximum atomic E-state index is 11.1. The van der Waals surface area contributed by atoms with Crippen LogP contribution in [0.25, 0.3) is 0 Å². The first-order valence-electron chi connectivity index (χ1n) is 4.98. The van der Waals surface area contributed by atoms with Crippen LogP contribution >= 0.6 is 0 Å². The van der Waals surface area contributed by atoms with E-state index in [1.54, 1.807) is 6.92 Å². The van der Waals surface area contributed by atoms with Crippen LogP contribution in [0.2, 0.25) is 0 Å². The van der Waals surface area contributed by atoms with E-state index in [9.17, 15) is 4.79 Å². The second-order valence-corrected chi connectivity index (χ2v) is 4.63. The Balaban J connectivity index is 2.97. The molecule has 0 amide bonds. The van der Waals surface area contributed by atoms with Gasteiger partial charge >= 0.3 is 0 Å². The van der Waals surface area contributed by atoms with E-state index in [1.807, 2.05) is 6.07 Å². The highest BCUT2D eigenvalue weighted by atomic mass is 16.1. The quantitative estimate of drug-likeness (QED) is 0.715. The van der Waals surface area contributed by atoms with Crippen molar-refractivity contribution >= 4 is 5.78 Å². The van der Waals surface area contributed by atoms with E-state index in [-0.39, 0.29) is 11.2 Å². The van der Waals surface area contributed by atoms with E-state index in [2.05, 4.69) is 39.0 Å². The molecule has 1 aromatic rings. The molecule has 0 aliphatic heterocycles. The van der Waals surface area contributed by atoms with Crippen molar-refractivity contribution in [3.8, 4) is 0 Å². The molecule has 1 heteroatoms. The zero-order valence-corrected chi connectivity index (χ0v) is 9.42. The second-order valence-electron chi connectivity index (χ2n) is 4.63. The molecule has 0 atom stereocenters. The summed E-state index contributed by atoms with van der Waals surface area (Å²) in [6.45, 7) is 7.96. The van der Waals surface area contributed by atoms with Crippen molar-refractivity contribution in [3.63, 3.8) is 0 Å². The third-order valence-electron chi connectivity index (χ3n) is 2.49. The summed E-state index contributed by atoms with van der Waals surface area (Å²) in [5, 5.41) is 0. The van der Waals surface area contributed by atoms with Gasteiger partial charge in [-0.2, -0.15) is 0 Å². The predicted molar refractivity (Wildman–Crippen MR) is 59.5 cm³/mol. The Morgan fingerprint density at radius 2 is 2.00 bits per heavy atom. The van der Waals surface area contributed by atoms with Crippen molar-refractivity contribution in [2.24, 2.45) is 0 Å². The summed E-state index contributed by atoms with van der Waals surface area (Å²) in [6, 6.07) is 8.37. The maximum Gasteiger partial charge on any atom is 0.130 e. The van der Waals surface area contributed by atoms with E-state index in [1.165, 1.54) is 11.1 Å². The van der Waals surface area contributed by atoms with E-state index in [4.69, 9.17) is 0 Å². The summed E-state index contributed by atoms with van der Waals surface area (Å²) in [6.07, 6.45) is 0.608. The van der Waals surface area contributed by atoms with Gasteiger partial charge in [0.2, 0.25) is 0 Å².